The number of halogens is 4. The molecular weight excluding hydrogens is 362 g/mol. The van der Waals surface area contributed by atoms with Gasteiger partial charge >= 0.3 is 0 Å². The fourth-order valence-electron chi connectivity index (χ4n) is 0.847. The Balaban J connectivity index is 3.56. The van der Waals surface area contributed by atoms with Crippen LogP contribution in [-0.2, 0) is 10.0 Å². The van der Waals surface area contributed by atoms with Crippen LogP contribution in [0, 0.1) is 0 Å². The van der Waals surface area contributed by atoms with Gasteiger partial charge in [0.05, 0.1) is 4.47 Å². The molecule has 0 saturated heterocycles. The van der Waals surface area contributed by atoms with Gasteiger partial charge in [-0.05, 0) is 37.9 Å². The second-order valence-electron chi connectivity index (χ2n) is 2.49. The monoisotopic (exact) mass is 364 g/mol. The Labute approximate surface area is 101 Å². The van der Waals surface area contributed by atoms with Gasteiger partial charge in [0.2, 0.25) is 10.0 Å². The van der Waals surface area contributed by atoms with E-state index in [0.29, 0.717) is 0 Å². The highest BCUT2D eigenvalue weighted by molar-refractivity contribution is 9.13. The number of rotatable bonds is 2. The van der Waals surface area contributed by atoms with Crippen LogP contribution in [0.2, 0.25) is 0 Å². The minimum atomic E-state index is -4.21. The molecule has 1 aromatic rings. The van der Waals surface area contributed by atoms with Crippen LogP contribution in [0.15, 0.2) is 20.0 Å². The van der Waals surface area contributed by atoms with Crippen molar-refractivity contribution in [1.29, 1.82) is 0 Å². The second kappa shape index (κ2) is 4.40. The summed E-state index contributed by atoms with van der Waals surface area (Å²) in [6, 6.07) is 0.980. The molecule has 0 fully saturated rings. The Morgan fingerprint density at radius 3 is 2.33 bits per heavy atom. The van der Waals surface area contributed by atoms with Crippen molar-refractivity contribution in [3.8, 4) is 0 Å². The lowest BCUT2D eigenvalue weighted by Gasteiger charge is -2.07. The van der Waals surface area contributed by atoms with Gasteiger partial charge in [-0.3, -0.25) is 0 Å². The molecule has 0 unspecified atom stereocenters. The van der Waals surface area contributed by atoms with Gasteiger partial charge in [-0.25, -0.2) is 27.3 Å². The third-order valence-electron chi connectivity index (χ3n) is 1.44. The van der Waals surface area contributed by atoms with Crippen LogP contribution >= 0.6 is 31.9 Å². The van der Waals surface area contributed by atoms with Crippen molar-refractivity contribution in [3.63, 3.8) is 0 Å². The van der Waals surface area contributed by atoms with Crippen molar-refractivity contribution in [3.05, 3.63) is 20.8 Å². The van der Waals surface area contributed by atoms with Crippen molar-refractivity contribution in [2.24, 2.45) is 5.14 Å². The van der Waals surface area contributed by atoms with Crippen molar-refractivity contribution in [2.45, 2.75) is 11.3 Å². The van der Waals surface area contributed by atoms with Gasteiger partial charge in [0.25, 0.3) is 6.43 Å². The number of nitrogens with zero attached hydrogens (tertiary/aromatic N) is 1. The van der Waals surface area contributed by atoms with Crippen LogP contribution in [-0.4, -0.2) is 13.4 Å². The molecule has 4 nitrogen and oxygen atoms in total. The quantitative estimate of drug-likeness (QED) is 0.816. The molecule has 1 heterocycles. The molecule has 1 aromatic heterocycles. The summed E-state index contributed by atoms with van der Waals surface area (Å²) in [6.07, 6.45) is -3.01. The van der Waals surface area contributed by atoms with Gasteiger partial charge in [-0.15, -0.1) is 0 Å². The number of sulfonamides is 1. The fourth-order valence-corrected chi connectivity index (χ4v) is 2.33. The van der Waals surface area contributed by atoms with Gasteiger partial charge in [-0.2, -0.15) is 0 Å². The number of primary sulfonamides is 1. The molecule has 0 atom stereocenters. The first-order chi connectivity index (χ1) is 6.73. The average molecular weight is 366 g/mol. The molecule has 0 amide bonds. The number of aromatic nitrogens is 1. The maximum atomic E-state index is 12.5. The lowest BCUT2D eigenvalue weighted by molar-refractivity contribution is 0.142. The third kappa shape index (κ3) is 2.92. The Morgan fingerprint density at radius 1 is 1.40 bits per heavy atom. The number of pyridine rings is 1. The van der Waals surface area contributed by atoms with Crippen LogP contribution in [0.5, 0.6) is 0 Å². The fraction of sp³-hybridized carbons (Fsp3) is 0.167. The summed E-state index contributed by atoms with van der Waals surface area (Å²) in [6.45, 7) is 0. The van der Waals surface area contributed by atoms with E-state index in [-0.39, 0.29) is 9.08 Å². The molecule has 0 aliphatic heterocycles. The first kappa shape index (κ1) is 12.9. The highest BCUT2D eigenvalue weighted by Gasteiger charge is 2.23. The van der Waals surface area contributed by atoms with Crippen LogP contribution in [0.1, 0.15) is 12.1 Å². The topological polar surface area (TPSA) is 73.1 Å². The zero-order valence-corrected chi connectivity index (χ0v) is 10.9. The average Bonchev–Trinajstić information content (AvgIpc) is 2.06. The molecule has 1 rings (SSSR count). The van der Waals surface area contributed by atoms with E-state index in [9.17, 15) is 17.2 Å². The highest BCUT2D eigenvalue weighted by Crippen LogP contribution is 2.30. The predicted molar refractivity (Wildman–Crippen MR) is 56.0 cm³/mol. The first-order valence-corrected chi connectivity index (χ1v) is 6.53. The summed E-state index contributed by atoms with van der Waals surface area (Å²) in [5.74, 6) is 0. The third-order valence-corrected chi connectivity index (χ3v) is 4.12. The Bertz CT molecular complexity index is 492. The Hall–Kier alpha value is -0.120. The molecule has 0 bridgehead atoms. The first-order valence-electron chi connectivity index (χ1n) is 3.40. The van der Waals surface area contributed by atoms with Crippen LogP contribution in [0.25, 0.3) is 0 Å². The molecule has 0 aliphatic carbocycles. The maximum Gasteiger partial charge on any atom is 0.281 e. The molecule has 0 saturated carbocycles. The number of hydrogen-bond donors (Lipinski definition) is 1. The van der Waals surface area contributed by atoms with E-state index in [2.05, 4.69) is 36.8 Å². The minimum Gasteiger partial charge on any atom is -0.237 e. The number of nitrogens with two attached hydrogens (primary N) is 1. The SMILES string of the molecule is NS(=O)(=O)c1cc(Br)c(Br)nc1C(F)F. The Kier molecular flexibility index (Phi) is 3.80. The van der Waals surface area contributed by atoms with Gasteiger partial charge in [0.15, 0.2) is 0 Å². The molecule has 0 spiro atoms. The van der Waals surface area contributed by atoms with Crippen molar-refractivity contribution < 1.29 is 17.2 Å². The van der Waals surface area contributed by atoms with E-state index < -0.39 is 27.0 Å². The summed E-state index contributed by atoms with van der Waals surface area (Å²) >= 11 is 5.84. The summed E-state index contributed by atoms with van der Waals surface area (Å²) in [5, 5.41) is 4.78. The predicted octanol–water partition coefficient (Wildman–Crippen LogP) is 2.19. The van der Waals surface area contributed by atoms with E-state index >= 15 is 0 Å². The summed E-state index contributed by atoms with van der Waals surface area (Å²) in [5.41, 5.74) is -0.868. The van der Waals surface area contributed by atoms with Gasteiger partial charge in [-0.1, -0.05) is 0 Å². The maximum absolute atomic E-state index is 12.5. The summed E-state index contributed by atoms with van der Waals surface area (Å²) in [4.78, 5) is 2.71. The van der Waals surface area contributed by atoms with E-state index in [1.165, 1.54) is 0 Å². The summed E-state index contributed by atoms with van der Waals surface area (Å²) in [7, 11) is -4.21. The lowest BCUT2D eigenvalue weighted by Crippen LogP contribution is -2.16. The minimum absolute atomic E-state index is 0.0881. The molecule has 0 aliphatic rings. The molecule has 2 N–H and O–H groups in total. The normalized spacial score (nSPS) is 12.1. The molecule has 9 heteroatoms. The van der Waals surface area contributed by atoms with Crippen molar-refractivity contribution in [2.75, 3.05) is 0 Å². The largest absolute Gasteiger partial charge is 0.281 e. The van der Waals surface area contributed by atoms with Gasteiger partial charge < -0.3 is 0 Å². The molecule has 84 valence electrons. The molecular formula is C6H4Br2F2N2O2S. The van der Waals surface area contributed by atoms with Gasteiger partial charge in [0, 0.05) is 0 Å². The zero-order valence-electron chi connectivity index (χ0n) is 6.92. The molecule has 0 radical (unpaired) electrons. The number of hydrogen-bond acceptors (Lipinski definition) is 3. The van der Waals surface area contributed by atoms with Crippen molar-refractivity contribution in [1.82, 2.24) is 4.98 Å². The highest BCUT2D eigenvalue weighted by atomic mass is 79.9. The van der Waals surface area contributed by atoms with E-state index in [4.69, 9.17) is 5.14 Å². The Morgan fingerprint density at radius 2 is 1.93 bits per heavy atom. The van der Waals surface area contributed by atoms with E-state index in [1.54, 1.807) is 0 Å². The van der Waals surface area contributed by atoms with Crippen molar-refractivity contribution >= 4 is 41.9 Å². The van der Waals surface area contributed by atoms with E-state index in [0.717, 1.165) is 6.07 Å². The van der Waals surface area contributed by atoms with Gasteiger partial charge in [0.1, 0.15) is 15.2 Å². The number of alkyl halides is 2. The lowest BCUT2D eigenvalue weighted by atomic mass is 10.3. The standard InChI is InChI=1S/C6H4Br2F2N2O2S/c7-2-1-3(15(11,13)14)4(6(9)10)12-5(2)8/h1,6H,(H2,11,13,14). The smallest absolute Gasteiger partial charge is 0.237 e. The van der Waals surface area contributed by atoms with Crippen LogP contribution in [0.4, 0.5) is 8.78 Å². The molecule has 0 aromatic carbocycles. The van der Waals surface area contributed by atoms with Crippen LogP contribution in [0.3, 0.4) is 0 Å². The second-order valence-corrected chi connectivity index (χ2v) is 5.63. The zero-order chi connectivity index (χ0) is 11.8. The van der Waals surface area contributed by atoms with Crippen LogP contribution < -0.4 is 5.14 Å². The molecule has 15 heavy (non-hydrogen) atoms. The summed E-state index contributed by atoms with van der Waals surface area (Å²) < 4.78 is 47.2. The van der Waals surface area contributed by atoms with E-state index in [1.807, 2.05) is 0 Å².